The molecular formula is C17H30N4. The fraction of sp³-hybridized carbons (Fsp3) is 0.824. The Balaban J connectivity index is 1.72. The summed E-state index contributed by atoms with van der Waals surface area (Å²) in [4.78, 5) is 7.00. The van der Waals surface area contributed by atoms with Gasteiger partial charge in [-0.3, -0.25) is 4.90 Å². The maximum atomic E-state index is 6.15. The van der Waals surface area contributed by atoms with Gasteiger partial charge in [-0.15, -0.1) is 0 Å². The lowest BCUT2D eigenvalue weighted by atomic mass is 9.89. The van der Waals surface area contributed by atoms with E-state index in [0.717, 1.165) is 11.8 Å². The molecule has 1 aromatic heterocycles. The minimum absolute atomic E-state index is 0.346. The van der Waals surface area contributed by atoms with Crippen LogP contribution >= 0.6 is 0 Å². The van der Waals surface area contributed by atoms with E-state index >= 15 is 0 Å². The van der Waals surface area contributed by atoms with E-state index < -0.39 is 0 Å². The standard InChI is InChI=1S/C17H30N4/c1-13(2)14-4-3-8-20(9-7-14)16(10-18)17-11-19-12-21(17)15-5-6-15/h11-16H,3-10,18H2,1-2H3. The average molecular weight is 290 g/mol. The Labute approximate surface area is 128 Å². The van der Waals surface area contributed by atoms with Crippen molar-refractivity contribution in [2.45, 2.75) is 58.0 Å². The van der Waals surface area contributed by atoms with Crippen molar-refractivity contribution in [3.8, 4) is 0 Å². The van der Waals surface area contributed by atoms with Gasteiger partial charge in [-0.1, -0.05) is 13.8 Å². The molecule has 2 fully saturated rings. The highest BCUT2D eigenvalue weighted by molar-refractivity contribution is 5.10. The van der Waals surface area contributed by atoms with Crippen LogP contribution in [0.4, 0.5) is 0 Å². The molecule has 3 rings (SSSR count). The highest BCUT2D eigenvalue weighted by atomic mass is 15.2. The van der Waals surface area contributed by atoms with E-state index in [9.17, 15) is 0 Å². The van der Waals surface area contributed by atoms with Crippen LogP contribution in [0.3, 0.4) is 0 Å². The first-order valence-electron chi connectivity index (χ1n) is 8.66. The van der Waals surface area contributed by atoms with Crippen LogP contribution in [0.25, 0.3) is 0 Å². The van der Waals surface area contributed by atoms with Crippen LogP contribution in [-0.2, 0) is 0 Å². The summed E-state index contributed by atoms with van der Waals surface area (Å²) in [7, 11) is 0. The first kappa shape index (κ1) is 15.0. The van der Waals surface area contributed by atoms with Crippen molar-refractivity contribution < 1.29 is 0 Å². The van der Waals surface area contributed by atoms with Crippen LogP contribution in [0.5, 0.6) is 0 Å². The molecule has 1 saturated heterocycles. The summed E-state index contributed by atoms with van der Waals surface area (Å²) in [5.41, 5.74) is 7.48. The van der Waals surface area contributed by atoms with Crippen LogP contribution in [0.1, 0.15) is 63.7 Å². The molecule has 4 nitrogen and oxygen atoms in total. The van der Waals surface area contributed by atoms with Crippen LogP contribution < -0.4 is 5.73 Å². The molecule has 2 heterocycles. The Hall–Kier alpha value is -0.870. The molecule has 4 heteroatoms. The molecule has 1 saturated carbocycles. The van der Waals surface area contributed by atoms with Gasteiger partial charge in [-0.05, 0) is 57.0 Å². The molecule has 0 bridgehead atoms. The van der Waals surface area contributed by atoms with Crippen molar-refractivity contribution in [2.24, 2.45) is 17.6 Å². The molecule has 118 valence electrons. The Kier molecular flexibility index (Phi) is 4.65. The van der Waals surface area contributed by atoms with Gasteiger partial charge in [-0.25, -0.2) is 4.98 Å². The summed E-state index contributed by atoms with van der Waals surface area (Å²) in [5, 5.41) is 0. The quantitative estimate of drug-likeness (QED) is 0.907. The molecular weight excluding hydrogens is 260 g/mol. The number of hydrogen-bond acceptors (Lipinski definition) is 3. The zero-order chi connectivity index (χ0) is 14.8. The molecule has 2 aliphatic rings. The van der Waals surface area contributed by atoms with Crippen molar-refractivity contribution in [3.05, 3.63) is 18.2 Å². The maximum Gasteiger partial charge on any atom is 0.0951 e. The zero-order valence-corrected chi connectivity index (χ0v) is 13.5. The second-order valence-electron chi connectivity index (χ2n) is 7.18. The Morgan fingerprint density at radius 2 is 2.05 bits per heavy atom. The number of nitrogens with two attached hydrogens (primary N) is 1. The van der Waals surface area contributed by atoms with Crippen molar-refractivity contribution >= 4 is 0 Å². The Bertz CT molecular complexity index is 449. The van der Waals surface area contributed by atoms with Gasteiger partial charge >= 0.3 is 0 Å². The third-order valence-electron chi connectivity index (χ3n) is 5.39. The second kappa shape index (κ2) is 6.49. The van der Waals surface area contributed by atoms with Crippen molar-refractivity contribution in [1.82, 2.24) is 14.5 Å². The van der Waals surface area contributed by atoms with Gasteiger partial charge in [-0.2, -0.15) is 0 Å². The Morgan fingerprint density at radius 3 is 2.71 bits per heavy atom. The van der Waals surface area contributed by atoms with E-state index in [2.05, 4.69) is 28.3 Å². The number of nitrogens with zero attached hydrogens (tertiary/aromatic N) is 3. The molecule has 0 aromatic carbocycles. The van der Waals surface area contributed by atoms with Gasteiger partial charge in [0.15, 0.2) is 0 Å². The molecule has 0 amide bonds. The predicted molar refractivity (Wildman–Crippen MR) is 86.0 cm³/mol. The molecule has 2 atom stereocenters. The molecule has 1 aliphatic heterocycles. The summed E-state index contributed by atoms with van der Waals surface area (Å²) >= 11 is 0. The molecule has 0 radical (unpaired) electrons. The third-order valence-corrected chi connectivity index (χ3v) is 5.39. The highest BCUT2D eigenvalue weighted by Gasteiger charge is 2.31. The maximum absolute atomic E-state index is 6.15. The van der Waals surface area contributed by atoms with Crippen molar-refractivity contribution in [2.75, 3.05) is 19.6 Å². The van der Waals surface area contributed by atoms with Crippen molar-refractivity contribution in [1.29, 1.82) is 0 Å². The number of aromatic nitrogens is 2. The van der Waals surface area contributed by atoms with Gasteiger partial charge in [0.25, 0.3) is 0 Å². The third kappa shape index (κ3) is 3.32. The van der Waals surface area contributed by atoms with Crippen molar-refractivity contribution in [3.63, 3.8) is 0 Å². The molecule has 2 unspecified atom stereocenters. The summed E-state index contributed by atoms with van der Waals surface area (Å²) in [6.45, 7) is 7.79. The number of rotatable bonds is 5. The monoisotopic (exact) mass is 290 g/mol. The molecule has 2 N–H and O–H groups in total. The molecule has 0 spiro atoms. The minimum atomic E-state index is 0.346. The van der Waals surface area contributed by atoms with E-state index in [-0.39, 0.29) is 0 Å². The number of likely N-dealkylation sites (tertiary alicyclic amines) is 1. The van der Waals surface area contributed by atoms with E-state index in [1.807, 2.05) is 12.5 Å². The molecule has 21 heavy (non-hydrogen) atoms. The van der Waals surface area contributed by atoms with Crippen LogP contribution in [0.2, 0.25) is 0 Å². The van der Waals surface area contributed by atoms with Gasteiger partial charge in [0.05, 0.1) is 18.1 Å². The highest BCUT2D eigenvalue weighted by Crippen LogP contribution is 2.38. The first-order valence-corrected chi connectivity index (χ1v) is 8.66. The van der Waals surface area contributed by atoms with E-state index in [0.29, 0.717) is 18.6 Å². The van der Waals surface area contributed by atoms with Gasteiger partial charge in [0.1, 0.15) is 0 Å². The topological polar surface area (TPSA) is 47.1 Å². The molecule has 1 aromatic rings. The Morgan fingerprint density at radius 1 is 1.24 bits per heavy atom. The normalized spacial score (nSPS) is 26.0. The zero-order valence-electron chi connectivity index (χ0n) is 13.5. The fourth-order valence-electron chi connectivity index (χ4n) is 3.81. The lowest BCUT2D eigenvalue weighted by Gasteiger charge is -2.30. The summed E-state index contributed by atoms with van der Waals surface area (Å²) in [6.07, 6.45) is 10.6. The second-order valence-corrected chi connectivity index (χ2v) is 7.18. The fourth-order valence-corrected chi connectivity index (χ4v) is 3.81. The van der Waals surface area contributed by atoms with E-state index in [1.54, 1.807) is 0 Å². The lowest BCUT2D eigenvalue weighted by molar-refractivity contribution is 0.196. The summed E-state index contributed by atoms with van der Waals surface area (Å²) < 4.78 is 2.38. The lowest BCUT2D eigenvalue weighted by Crippen LogP contribution is -2.36. The van der Waals surface area contributed by atoms with Gasteiger partial charge < -0.3 is 10.3 Å². The minimum Gasteiger partial charge on any atom is -0.330 e. The summed E-state index contributed by atoms with van der Waals surface area (Å²) in [5.74, 6) is 1.68. The van der Waals surface area contributed by atoms with Crippen LogP contribution in [0, 0.1) is 11.8 Å². The SMILES string of the molecule is CC(C)C1CCCN(C(CN)c2cncn2C2CC2)CC1. The first-order chi connectivity index (χ1) is 10.2. The largest absolute Gasteiger partial charge is 0.330 e. The number of imidazole rings is 1. The van der Waals surface area contributed by atoms with Crippen LogP contribution in [0.15, 0.2) is 12.5 Å². The van der Waals surface area contributed by atoms with E-state index in [4.69, 9.17) is 5.73 Å². The average Bonchev–Trinajstić information content (AvgIpc) is 3.24. The smallest absolute Gasteiger partial charge is 0.0951 e. The summed E-state index contributed by atoms with van der Waals surface area (Å²) in [6, 6.07) is 1.03. The van der Waals surface area contributed by atoms with Crippen LogP contribution in [-0.4, -0.2) is 34.1 Å². The number of hydrogen-bond donors (Lipinski definition) is 1. The molecule has 1 aliphatic carbocycles. The van der Waals surface area contributed by atoms with E-state index in [1.165, 1.54) is 50.9 Å². The predicted octanol–water partition coefficient (Wildman–Crippen LogP) is 2.98. The van der Waals surface area contributed by atoms with Gasteiger partial charge in [0, 0.05) is 18.8 Å². The van der Waals surface area contributed by atoms with Gasteiger partial charge in [0.2, 0.25) is 0 Å².